The summed E-state index contributed by atoms with van der Waals surface area (Å²) in [6.45, 7) is 4.15. The molecule has 1 aromatic carbocycles. The lowest BCUT2D eigenvalue weighted by atomic mass is 10.1. The van der Waals surface area contributed by atoms with Crippen LogP contribution >= 0.6 is 11.6 Å². The van der Waals surface area contributed by atoms with Gasteiger partial charge in [0.25, 0.3) is 5.91 Å². The standard InChI is InChI=1S/C16H17ClN4O3/c1-2-5-18-16(24)19-10-7-13-14(22)20-12-6-9(17)3-4-11(12)15(23)21(13)8-10/h2-4,6,10,13H,1,5,7-8H2,(H,20,22)(H2,18,19,24). The van der Waals surface area contributed by atoms with E-state index in [0.29, 0.717) is 29.2 Å². The van der Waals surface area contributed by atoms with Crippen molar-refractivity contribution >= 4 is 35.1 Å². The zero-order chi connectivity index (χ0) is 17.3. The first kappa shape index (κ1) is 16.3. The van der Waals surface area contributed by atoms with Gasteiger partial charge in [-0.1, -0.05) is 17.7 Å². The molecule has 0 radical (unpaired) electrons. The molecular formula is C16H17ClN4O3. The van der Waals surface area contributed by atoms with Crippen molar-refractivity contribution < 1.29 is 14.4 Å². The van der Waals surface area contributed by atoms with E-state index < -0.39 is 6.04 Å². The van der Waals surface area contributed by atoms with Crippen molar-refractivity contribution in [2.24, 2.45) is 0 Å². The van der Waals surface area contributed by atoms with Gasteiger partial charge in [0.1, 0.15) is 6.04 Å². The summed E-state index contributed by atoms with van der Waals surface area (Å²) in [5.41, 5.74) is 0.812. The highest BCUT2D eigenvalue weighted by atomic mass is 35.5. The molecule has 3 rings (SSSR count). The second-order valence-electron chi connectivity index (χ2n) is 5.73. The van der Waals surface area contributed by atoms with Gasteiger partial charge < -0.3 is 20.9 Å². The summed E-state index contributed by atoms with van der Waals surface area (Å²) in [6.07, 6.45) is 1.93. The van der Waals surface area contributed by atoms with Gasteiger partial charge in [-0.3, -0.25) is 9.59 Å². The Hall–Kier alpha value is -2.54. The highest BCUT2D eigenvalue weighted by molar-refractivity contribution is 6.31. The normalized spacial score (nSPS) is 22.1. The average molecular weight is 349 g/mol. The van der Waals surface area contributed by atoms with Gasteiger partial charge in [-0.25, -0.2) is 4.79 Å². The molecule has 0 spiro atoms. The van der Waals surface area contributed by atoms with E-state index in [0.717, 1.165) is 0 Å². The number of carbonyl (C=O) groups is 3. The van der Waals surface area contributed by atoms with Crippen LogP contribution < -0.4 is 16.0 Å². The van der Waals surface area contributed by atoms with E-state index in [1.54, 1.807) is 24.3 Å². The zero-order valence-electron chi connectivity index (χ0n) is 12.8. The number of hydrogen-bond acceptors (Lipinski definition) is 3. The maximum Gasteiger partial charge on any atom is 0.315 e. The predicted octanol–water partition coefficient (Wildman–Crippen LogP) is 1.36. The van der Waals surface area contributed by atoms with Gasteiger partial charge in [0.15, 0.2) is 0 Å². The summed E-state index contributed by atoms with van der Waals surface area (Å²) < 4.78 is 0. The summed E-state index contributed by atoms with van der Waals surface area (Å²) in [7, 11) is 0. The number of nitrogens with zero attached hydrogens (tertiary/aromatic N) is 1. The van der Waals surface area contributed by atoms with Crippen LogP contribution in [0.15, 0.2) is 30.9 Å². The molecular weight excluding hydrogens is 332 g/mol. The lowest BCUT2D eigenvalue weighted by molar-refractivity contribution is -0.119. The number of carbonyl (C=O) groups excluding carboxylic acids is 3. The number of benzene rings is 1. The fourth-order valence-corrected chi connectivity index (χ4v) is 3.16. The Kier molecular flexibility index (Phi) is 4.44. The van der Waals surface area contributed by atoms with Crippen LogP contribution in [0.5, 0.6) is 0 Å². The van der Waals surface area contributed by atoms with Gasteiger partial charge in [0.2, 0.25) is 5.91 Å². The predicted molar refractivity (Wildman–Crippen MR) is 90.0 cm³/mol. The van der Waals surface area contributed by atoms with Gasteiger partial charge in [0.05, 0.1) is 17.3 Å². The Bertz CT molecular complexity index is 721. The van der Waals surface area contributed by atoms with E-state index in [9.17, 15) is 14.4 Å². The number of urea groups is 1. The molecule has 2 aliphatic rings. The zero-order valence-corrected chi connectivity index (χ0v) is 13.6. The van der Waals surface area contributed by atoms with Gasteiger partial charge >= 0.3 is 6.03 Å². The number of hydrogen-bond donors (Lipinski definition) is 3. The number of anilines is 1. The molecule has 1 fully saturated rings. The topological polar surface area (TPSA) is 90.5 Å². The number of nitrogens with one attached hydrogen (secondary N) is 3. The highest BCUT2D eigenvalue weighted by Gasteiger charge is 2.43. The molecule has 7 nitrogen and oxygen atoms in total. The summed E-state index contributed by atoms with van der Waals surface area (Å²) >= 11 is 5.93. The van der Waals surface area contributed by atoms with Gasteiger partial charge in [-0.2, -0.15) is 0 Å². The Morgan fingerprint density at radius 2 is 2.25 bits per heavy atom. The largest absolute Gasteiger partial charge is 0.335 e. The smallest absolute Gasteiger partial charge is 0.315 e. The minimum Gasteiger partial charge on any atom is -0.335 e. The first-order chi connectivity index (χ1) is 11.5. The molecule has 8 heteroatoms. The molecule has 24 heavy (non-hydrogen) atoms. The molecule has 0 aliphatic carbocycles. The molecule has 2 heterocycles. The van der Waals surface area contributed by atoms with Crippen LogP contribution in [0.4, 0.5) is 10.5 Å². The summed E-state index contributed by atoms with van der Waals surface area (Å²) in [5, 5.41) is 8.57. The van der Waals surface area contributed by atoms with E-state index in [1.807, 2.05) is 0 Å². The number of halogens is 1. The Balaban J connectivity index is 1.77. The molecule has 4 amide bonds. The first-order valence-electron chi connectivity index (χ1n) is 7.56. The van der Waals surface area contributed by atoms with Crippen LogP contribution in [-0.4, -0.2) is 47.9 Å². The quantitative estimate of drug-likeness (QED) is 0.720. The van der Waals surface area contributed by atoms with Gasteiger partial charge in [0, 0.05) is 18.1 Å². The fraction of sp³-hybridized carbons (Fsp3) is 0.312. The molecule has 3 N–H and O–H groups in total. The third kappa shape index (κ3) is 3.07. The van der Waals surface area contributed by atoms with E-state index in [1.165, 1.54) is 4.90 Å². The van der Waals surface area contributed by atoms with Crippen LogP contribution in [-0.2, 0) is 4.79 Å². The van der Waals surface area contributed by atoms with Crippen molar-refractivity contribution in [3.05, 3.63) is 41.4 Å². The van der Waals surface area contributed by atoms with Crippen LogP contribution in [0.2, 0.25) is 5.02 Å². The molecule has 0 saturated carbocycles. The van der Waals surface area contributed by atoms with Crippen LogP contribution in [0.3, 0.4) is 0 Å². The minimum atomic E-state index is -0.617. The van der Waals surface area contributed by atoms with Crippen molar-refractivity contribution in [3.8, 4) is 0 Å². The lowest BCUT2D eigenvalue weighted by Crippen LogP contribution is -2.44. The molecule has 1 saturated heterocycles. The third-order valence-corrected chi connectivity index (χ3v) is 4.31. The van der Waals surface area contributed by atoms with Crippen molar-refractivity contribution in [3.63, 3.8) is 0 Å². The highest BCUT2D eigenvalue weighted by Crippen LogP contribution is 2.30. The monoisotopic (exact) mass is 348 g/mol. The van der Waals surface area contributed by atoms with E-state index in [-0.39, 0.29) is 30.4 Å². The second-order valence-corrected chi connectivity index (χ2v) is 6.16. The number of fused-ring (bicyclic) bond motifs is 2. The maximum atomic E-state index is 12.7. The van der Waals surface area contributed by atoms with Crippen molar-refractivity contribution in [2.45, 2.75) is 18.5 Å². The number of rotatable bonds is 3. The Morgan fingerprint density at radius 3 is 3.00 bits per heavy atom. The van der Waals surface area contributed by atoms with E-state index >= 15 is 0 Å². The average Bonchev–Trinajstić information content (AvgIpc) is 2.92. The fourth-order valence-electron chi connectivity index (χ4n) is 2.99. The molecule has 1 aromatic rings. The number of amides is 4. The Labute approximate surface area is 144 Å². The summed E-state index contributed by atoms with van der Waals surface area (Å²) in [4.78, 5) is 38.4. The minimum absolute atomic E-state index is 0.249. The first-order valence-corrected chi connectivity index (χ1v) is 7.94. The molecule has 2 unspecified atom stereocenters. The molecule has 0 bridgehead atoms. The third-order valence-electron chi connectivity index (χ3n) is 4.08. The summed E-state index contributed by atoms with van der Waals surface area (Å²) in [6, 6.07) is 3.52. The summed E-state index contributed by atoms with van der Waals surface area (Å²) in [5.74, 6) is -0.527. The van der Waals surface area contributed by atoms with E-state index in [2.05, 4.69) is 22.5 Å². The molecule has 126 valence electrons. The second kappa shape index (κ2) is 6.52. The van der Waals surface area contributed by atoms with Gasteiger partial charge in [-0.15, -0.1) is 6.58 Å². The molecule has 2 atom stereocenters. The lowest BCUT2D eigenvalue weighted by Gasteiger charge is -2.20. The maximum absolute atomic E-state index is 12.7. The molecule has 2 aliphatic heterocycles. The van der Waals surface area contributed by atoms with Crippen molar-refractivity contribution in [1.29, 1.82) is 0 Å². The van der Waals surface area contributed by atoms with Crippen LogP contribution in [0.25, 0.3) is 0 Å². The SMILES string of the molecule is C=CCNC(=O)NC1CC2C(=O)Nc3cc(Cl)ccc3C(=O)N2C1. The van der Waals surface area contributed by atoms with Crippen LogP contribution in [0, 0.1) is 0 Å². The van der Waals surface area contributed by atoms with Crippen molar-refractivity contribution in [2.75, 3.05) is 18.4 Å². The van der Waals surface area contributed by atoms with E-state index in [4.69, 9.17) is 11.6 Å². The Morgan fingerprint density at radius 1 is 1.46 bits per heavy atom. The van der Waals surface area contributed by atoms with Crippen LogP contribution in [0.1, 0.15) is 16.8 Å². The van der Waals surface area contributed by atoms with Gasteiger partial charge in [-0.05, 0) is 24.6 Å². The molecule has 0 aromatic heterocycles. The van der Waals surface area contributed by atoms with Crippen molar-refractivity contribution in [1.82, 2.24) is 15.5 Å².